The molecule has 21 heteroatoms. The quantitative estimate of drug-likeness (QED) is 0.0321. The Kier molecular flexibility index (Phi) is 29.5. The van der Waals surface area contributed by atoms with Gasteiger partial charge in [0.05, 0.1) is 0 Å². The van der Waals surface area contributed by atoms with Crippen molar-refractivity contribution in [3.63, 3.8) is 0 Å². The van der Waals surface area contributed by atoms with Gasteiger partial charge < -0.3 is 57.2 Å². The second-order valence-electron chi connectivity index (χ2n) is 27.1. The van der Waals surface area contributed by atoms with Crippen LogP contribution in [0.15, 0.2) is 24.3 Å². The van der Waals surface area contributed by atoms with Gasteiger partial charge in [0.25, 0.3) is 0 Å². The summed E-state index contributed by atoms with van der Waals surface area (Å²) in [5.41, 5.74) is -2.27. The number of fused-ring (bicyclic) bond motifs is 1. The fourth-order valence-corrected chi connectivity index (χ4v) is 11.2. The summed E-state index contributed by atoms with van der Waals surface area (Å²) in [5.74, 6) is -5.28. The molecule has 3 rings (SSSR count). The van der Waals surface area contributed by atoms with Gasteiger partial charge in [0, 0.05) is 38.0 Å². The largest absolute Gasteiger partial charge is 0.354 e. The number of nitrogens with zero attached hydrogens (tertiary/aromatic N) is 3. The number of hydrogen-bond donors (Lipinski definition) is 8. The highest BCUT2D eigenvalue weighted by molar-refractivity contribution is 5.99. The summed E-state index contributed by atoms with van der Waals surface area (Å²) in [6.45, 7) is 25.4. The lowest BCUT2D eigenvalue weighted by atomic mass is 9.83. The number of carbonyl (C=O) groups is 10. The van der Waals surface area contributed by atoms with Crippen molar-refractivity contribution < 1.29 is 47.9 Å². The van der Waals surface area contributed by atoms with Crippen LogP contribution in [0.1, 0.15) is 198 Å². The van der Waals surface area contributed by atoms with Crippen LogP contribution < -0.4 is 42.5 Å². The molecule has 85 heavy (non-hydrogen) atoms. The SMILES string of the molecule is CCCCCCCC[C@@H](C(=O)N[C@@H](CC(C)C)C(=O)NC(C)(C)C(=O)N[C@@H](CC(C)C)C(=O)N[C@@H](CC(C)C)C(=O)NC(C)(C)C(=O)NC(C)(C)C(=O)NCCC(=O)N[C@@H](C)CN(C)C)N(C=O)[C@@H]1CCCN1C(=O)C1CCc2ccccc2C1. The number of likely N-dealkylation sites (N-methyl/N-ethyl adjacent to an activating group) is 1. The molecular weight excluding hydrogens is 1080 g/mol. The van der Waals surface area contributed by atoms with E-state index >= 15 is 0 Å². The van der Waals surface area contributed by atoms with E-state index in [2.05, 4.69) is 61.6 Å². The molecule has 0 bridgehead atoms. The Hall–Kier alpha value is -6.12. The lowest BCUT2D eigenvalue weighted by molar-refractivity contribution is -0.148. The number of hydrogen-bond acceptors (Lipinski definition) is 11. The minimum atomic E-state index is -1.64. The van der Waals surface area contributed by atoms with Gasteiger partial charge in [0.1, 0.15) is 46.9 Å². The summed E-state index contributed by atoms with van der Waals surface area (Å²) in [4.78, 5) is 144. The number of unbranched alkanes of at least 4 members (excludes halogenated alkanes) is 5. The van der Waals surface area contributed by atoms with Crippen molar-refractivity contribution in [3.05, 3.63) is 35.4 Å². The van der Waals surface area contributed by atoms with Crippen molar-refractivity contribution in [1.82, 2.24) is 57.2 Å². The molecule has 480 valence electrons. The number of amides is 10. The Morgan fingerprint density at radius 3 is 1.69 bits per heavy atom. The zero-order chi connectivity index (χ0) is 64.0. The maximum atomic E-state index is 14.8. The highest BCUT2D eigenvalue weighted by Gasteiger charge is 2.44. The number of rotatable bonds is 36. The maximum absolute atomic E-state index is 14.8. The first-order chi connectivity index (χ1) is 39.7. The zero-order valence-corrected chi connectivity index (χ0v) is 54.5. The fourth-order valence-electron chi connectivity index (χ4n) is 11.2. The minimum absolute atomic E-state index is 0.0255. The minimum Gasteiger partial charge on any atom is -0.354 e. The molecule has 10 amide bonds. The number of carbonyl (C=O) groups excluding carboxylic acids is 10. The van der Waals surface area contributed by atoms with Crippen molar-refractivity contribution >= 4 is 59.6 Å². The number of likely N-dealkylation sites (tertiary alicyclic amines) is 1. The van der Waals surface area contributed by atoms with Crippen LogP contribution in [-0.4, -0.2) is 161 Å². The second-order valence-corrected chi connectivity index (χ2v) is 27.1. The maximum Gasteiger partial charge on any atom is 0.246 e. The molecule has 1 heterocycles. The summed E-state index contributed by atoms with van der Waals surface area (Å²) in [7, 11) is 3.80. The van der Waals surface area contributed by atoms with Crippen LogP contribution in [-0.2, 0) is 60.8 Å². The third kappa shape index (κ3) is 23.9. The molecule has 0 saturated carbocycles. The summed E-state index contributed by atoms with van der Waals surface area (Å²) in [6.07, 6.45) is 9.84. The number of benzene rings is 1. The molecular formula is C64H109N11O10. The smallest absolute Gasteiger partial charge is 0.246 e. The number of nitrogens with one attached hydrogen (secondary N) is 8. The third-order valence-electron chi connectivity index (χ3n) is 15.9. The molecule has 8 N–H and O–H groups in total. The molecule has 1 fully saturated rings. The third-order valence-corrected chi connectivity index (χ3v) is 15.9. The fraction of sp³-hybridized carbons (Fsp3) is 0.750. The molecule has 0 spiro atoms. The normalized spacial score (nSPS) is 17.2. The molecule has 1 aromatic rings. The molecule has 1 aliphatic heterocycles. The standard InChI is InChI=1S/C64H109N11O10/c1-17-18-19-20-21-22-28-51(75(40-76)53-29-25-34-74(53)58(82)47-31-30-45-26-23-24-27-46(45)38-47)57(81)68-50(37-43(6)7)56(80)70-63(11,12)60(84)69-48(35-41(2)3)54(78)67-49(36-42(4)5)55(79)71-64(13,14)61(85)72-62(9,10)59(83)65-33-32-52(77)66-44(8)39-73(15)16/h23-24,26-27,40-44,47-51,53H,17-22,25,28-39H2,1-16H3,(H,65,83)(H,66,77)(H,67,78)(H,68,81)(H,69,84)(H,70,80)(H,71,79)(H,72,85)/t44-,47?,48-,49-,50-,51-,53+/m0/s1. The summed E-state index contributed by atoms with van der Waals surface area (Å²) >= 11 is 0. The lowest BCUT2D eigenvalue weighted by Gasteiger charge is -2.39. The van der Waals surface area contributed by atoms with Gasteiger partial charge in [-0.1, -0.05) is 111 Å². The van der Waals surface area contributed by atoms with E-state index in [1.165, 1.54) is 52.0 Å². The average Bonchev–Trinajstić information content (AvgIpc) is 3.06. The van der Waals surface area contributed by atoms with Crippen LogP contribution >= 0.6 is 0 Å². The van der Waals surface area contributed by atoms with E-state index in [-0.39, 0.29) is 73.8 Å². The van der Waals surface area contributed by atoms with E-state index < -0.39 is 88.3 Å². The summed E-state index contributed by atoms with van der Waals surface area (Å²) in [6, 6.07) is 3.62. The summed E-state index contributed by atoms with van der Waals surface area (Å²) in [5, 5.41) is 22.4. The van der Waals surface area contributed by atoms with E-state index in [9.17, 15) is 47.9 Å². The van der Waals surface area contributed by atoms with Gasteiger partial charge in [-0.05, 0) is 149 Å². The Bertz CT molecular complexity index is 2410. The summed E-state index contributed by atoms with van der Waals surface area (Å²) < 4.78 is 0. The molecule has 0 radical (unpaired) electrons. The highest BCUT2D eigenvalue weighted by atomic mass is 16.2. The molecule has 1 aliphatic carbocycles. The van der Waals surface area contributed by atoms with Crippen molar-refractivity contribution in [3.8, 4) is 0 Å². The first kappa shape index (κ1) is 73.1. The Morgan fingerprint density at radius 1 is 0.624 bits per heavy atom. The molecule has 7 atom stereocenters. The van der Waals surface area contributed by atoms with Crippen LogP contribution in [0.3, 0.4) is 0 Å². The van der Waals surface area contributed by atoms with Crippen LogP contribution in [0.25, 0.3) is 0 Å². The van der Waals surface area contributed by atoms with E-state index in [1.54, 1.807) is 4.90 Å². The zero-order valence-electron chi connectivity index (χ0n) is 54.5. The van der Waals surface area contributed by atoms with Crippen molar-refractivity contribution in [2.24, 2.45) is 23.7 Å². The van der Waals surface area contributed by atoms with Gasteiger partial charge in [0.2, 0.25) is 59.6 Å². The predicted octanol–water partition coefficient (Wildman–Crippen LogP) is 5.17. The van der Waals surface area contributed by atoms with Crippen LogP contribution in [0.4, 0.5) is 0 Å². The first-order valence-electron chi connectivity index (χ1n) is 31.4. The second kappa shape index (κ2) is 34.3. The van der Waals surface area contributed by atoms with Crippen molar-refractivity contribution in [2.75, 3.05) is 33.7 Å². The Balaban J connectivity index is 1.77. The number of aryl methyl sites for hydroxylation is 1. The van der Waals surface area contributed by atoms with E-state index in [4.69, 9.17) is 0 Å². The van der Waals surface area contributed by atoms with Crippen LogP contribution in [0, 0.1) is 23.7 Å². The lowest BCUT2D eigenvalue weighted by Crippen LogP contribution is -2.65. The van der Waals surface area contributed by atoms with Crippen molar-refractivity contribution in [2.45, 2.75) is 253 Å². The van der Waals surface area contributed by atoms with E-state index in [0.29, 0.717) is 58.0 Å². The molecule has 1 saturated heterocycles. The van der Waals surface area contributed by atoms with Crippen molar-refractivity contribution in [1.29, 1.82) is 0 Å². The van der Waals surface area contributed by atoms with Gasteiger partial charge >= 0.3 is 0 Å². The van der Waals surface area contributed by atoms with Gasteiger partial charge in [-0.3, -0.25) is 47.9 Å². The van der Waals surface area contributed by atoms with Gasteiger partial charge in [-0.25, -0.2) is 0 Å². The first-order valence-corrected chi connectivity index (χ1v) is 31.4. The van der Waals surface area contributed by atoms with Crippen LogP contribution in [0.5, 0.6) is 0 Å². The molecule has 2 aliphatic rings. The predicted molar refractivity (Wildman–Crippen MR) is 331 cm³/mol. The topological polar surface area (TPSA) is 277 Å². The monoisotopic (exact) mass is 1190 g/mol. The average molecular weight is 1190 g/mol. The van der Waals surface area contributed by atoms with E-state index in [0.717, 1.165) is 44.1 Å². The van der Waals surface area contributed by atoms with Gasteiger partial charge in [-0.2, -0.15) is 0 Å². The molecule has 0 aromatic heterocycles. The van der Waals surface area contributed by atoms with Gasteiger partial charge in [-0.15, -0.1) is 0 Å². The Labute approximate surface area is 508 Å². The van der Waals surface area contributed by atoms with E-state index in [1.807, 2.05) is 79.6 Å². The highest BCUT2D eigenvalue weighted by Crippen LogP contribution is 2.32. The molecule has 21 nitrogen and oxygen atoms in total. The molecule has 1 unspecified atom stereocenters. The van der Waals surface area contributed by atoms with Gasteiger partial charge in [0.15, 0.2) is 0 Å². The molecule has 1 aromatic carbocycles. The Morgan fingerprint density at radius 2 is 1.14 bits per heavy atom. The van der Waals surface area contributed by atoms with Crippen LogP contribution in [0.2, 0.25) is 0 Å².